The first-order valence-electron chi connectivity index (χ1n) is 13.4. The first-order valence-corrected chi connectivity index (χ1v) is 13.4. The molecule has 0 spiro atoms. The van der Waals surface area contributed by atoms with Gasteiger partial charge in [0.1, 0.15) is 5.75 Å². The van der Waals surface area contributed by atoms with E-state index in [4.69, 9.17) is 9.72 Å². The van der Waals surface area contributed by atoms with Crippen molar-refractivity contribution in [3.63, 3.8) is 0 Å². The van der Waals surface area contributed by atoms with Crippen molar-refractivity contribution >= 4 is 22.4 Å². The van der Waals surface area contributed by atoms with Crippen LogP contribution < -0.4 is 20.7 Å². The van der Waals surface area contributed by atoms with Crippen LogP contribution in [0.3, 0.4) is 0 Å². The fourth-order valence-corrected chi connectivity index (χ4v) is 4.85. The summed E-state index contributed by atoms with van der Waals surface area (Å²) < 4.78 is 32.9. The van der Waals surface area contributed by atoms with E-state index in [1.807, 2.05) is 55.5 Å². The Balaban J connectivity index is 1.41. The smallest absolute Gasteiger partial charge is 0.245 e. The molecule has 1 atom stereocenters. The molecular formula is C30H34F2N6O. The van der Waals surface area contributed by atoms with E-state index in [9.17, 15) is 8.78 Å². The van der Waals surface area contributed by atoms with Crippen LogP contribution in [0, 0.1) is 6.92 Å². The maximum absolute atomic E-state index is 13.2. The normalized spacial score (nSPS) is 15.7. The number of rotatable bonds is 10. The molecule has 5 rings (SSSR count). The predicted octanol–water partition coefficient (Wildman–Crippen LogP) is 6.80. The molecule has 0 aliphatic carbocycles. The summed E-state index contributed by atoms with van der Waals surface area (Å²) in [6.07, 6.45) is 5.85. The molecule has 9 heteroatoms. The molecule has 1 aliphatic rings. The zero-order chi connectivity index (χ0) is 27.2. The number of alkyl halides is 2. The lowest BCUT2D eigenvalue weighted by Crippen LogP contribution is -2.38. The number of hydrogen-bond donors (Lipinski definition) is 3. The molecule has 1 fully saturated rings. The molecule has 39 heavy (non-hydrogen) atoms. The Morgan fingerprint density at radius 2 is 1.95 bits per heavy atom. The van der Waals surface area contributed by atoms with Gasteiger partial charge in [-0.15, -0.1) is 0 Å². The standard InChI is InChI=1S/C30H34F2N6O/c1-20-11-12-22-23(8-3-10-25(22)34-17-6-14-30(2,31)32)27(20)39-28-24(9-5-16-35-28)26-13-18-36-29(38-26)37-21-7-4-15-33-19-21/h3,5,8-13,16,18,21,33-34H,4,6-7,14-15,17,19H2,1-2H3,(H,36,37,38). The molecule has 0 radical (unpaired) electrons. The van der Waals surface area contributed by atoms with Gasteiger partial charge in [-0.3, -0.25) is 0 Å². The lowest BCUT2D eigenvalue weighted by atomic mass is 10.0. The van der Waals surface area contributed by atoms with Crippen molar-refractivity contribution in [1.82, 2.24) is 20.3 Å². The van der Waals surface area contributed by atoms with Crippen molar-refractivity contribution in [2.75, 3.05) is 30.3 Å². The Morgan fingerprint density at radius 1 is 1.05 bits per heavy atom. The van der Waals surface area contributed by atoms with Gasteiger partial charge < -0.3 is 20.7 Å². The number of anilines is 2. The molecule has 1 aliphatic heterocycles. The molecule has 2 aromatic carbocycles. The fraction of sp³-hybridized carbons (Fsp3) is 0.367. The number of nitrogens with one attached hydrogen (secondary N) is 3. The van der Waals surface area contributed by atoms with Gasteiger partial charge in [0.25, 0.3) is 0 Å². The lowest BCUT2D eigenvalue weighted by molar-refractivity contribution is 0.0119. The van der Waals surface area contributed by atoms with Crippen LogP contribution >= 0.6 is 0 Å². The third-order valence-electron chi connectivity index (χ3n) is 6.85. The van der Waals surface area contributed by atoms with Crippen LogP contribution in [0.5, 0.6) is 11.6 Å². The first kappa shape index (κ1) is 26.7. The average Bonchev–Trinajstić information content (AvgIpc) is 2.93. The van der Waals surface area contributed by atoms with Crippen molar-refractivity contribution in [3.05, 3.63) is 66.5 Å². The number of ether oxygens (including phenoxy) is 1. The molecule has 1 saturated heterocycles. The molecular weight excluding hydrogens is 498 g/mol. The number of aryl methyl sites for hydroxylation is 1. The van der Waals surface area contributed by atoms with Crippen LogP contribution in [0.1, 0.15) is 38.2 Å². The van der Waals surface area contributed by atoms with Crippen molar-refractivity contribution in [1.29, 1.82) is 0 Å². The second kappa shape index (κ2) is 11.9. The quantitative estimate of drug-likeness (QED) is 0.194. The Hall–Kier alpha value is -3.85. The molecule has 204 valence electrons. The minimum atomic E-state index is -2.66. The van der Waals surface area contributed by atoms with E-state index in [2.05, 4.69) is 25.9 Å². The summed E-state index contributed by atoms with van der Waals surface area (Å²) in [5.74, 6) is -0.946. The highest BCUT2D eigenvalue weighted by atomic mass is 19.3. The van der Waals surface area contributed by atoms with E-state index < -0.39 is 5.92 Å². The van der Waals surface area contributed by atoms with Gasteiger partial charge in [0.2, 0.25) is 17.8 Å². The van der Waals surface area contributed by atoms with Gasteiger partial charge in [0.05, 0.1) is 11.3 Å². The highest BCUT2D eigenvalue weighted by molar-refractivity contribution is 5.98. The van der Waals surface area contributed by atoms with Gasteiger partial charge in [-0.25, -0.2) is 23.7 Å². The summed E-state index contributed by atoms with van der Waals surface area (Å²) in [7, 11) is 0. The monoisotopic (exact) mass is 532 g/mol. The molecule has 3 heterocycles. The van der Waals surface area contributed by atoms with Gasteiger partial charge in [-0.2, -0.15) is 0 Å². The highest BCUT2D eigenvalue weighted by Crippen LogP contribution is 2.38. The second-order valence-electron chi connectivity index (χ2n) is 10.1. The van der Waals surface area contributed by atoms with Crippen molar-refractivity contribution < 1.29 is 13.5 Å². The first-order chi connectivity index (χ1) is 18.9. The van der Waals surface area contributed by atoms with Crippen molar-refractivity contribution in [2.24, 2.45) is 0 Å². The Kier molecular flexibility index (Phi) is 8.16. The summed E-state index contributed by atoms with van der Waals surface area (Å²) in [6.45, 7) is 5.33. The topological polar surface area (TPSA) is 84.0 Å². The molecule has 2 aromatic heterocycles. The number of fused-ring (bicyclic) bond motifs is 1. The van der Waals surface area contributed by atoms with E-state index >= 15 is 0 Å². The number of nitrogens with zero attached hydrogens (tertiary/aromatic N) is 3. The maximum Gasteiger partial charge on any atom is 0.245 e. The summed E-state index contributed by atoms with van der Waals surface area (Å²) in [6, 6.07) is 15.9. The summed E-state index contributed by atoms with van der Waals surface area (Å²) in [5, 5.41) is 12.0. The molecule has 0 bridgehead atoms. The third-order valence-corrected chi connectivity index (χ3v) is 6.85. The maximum atomic E-state index is 13.2. The van der Waals surface area contributed by atoms with Gasteiger partial charge >= 0.3 is 0 Å². The molecule has 7 nitrogen and oxygen atoms in total. The van der Waals surface area contributed by atoms with E-state index in [1.54, 1.807) is 12.4 Å². The van der Waals surface area contributed by atoms with Crippen LogP contribution in [0.25, 0.3) is 22.0 Å². The van der Waals surface area contributed by atoms with Gasteiger partial charge in [0, 0.05) is 54.4 Å². The van der Waals surface area contributed by atoms with Crippen molar-refractivity contribution in [2.45, 2.75) is 51.5 Å². The average molecular weight is 533 g/mol. The predicted molar refractivity (Wildman–Crippen MR) is 152 cm³/mol. The van der Waals surface area contributed by atoms with E-state index in [0.717, 1.165) is 60.4 Å². The third kappa shape index (κ3) is 6.78. The minimum absolute atomic E-state index is 0.154. The largest absolute Gasteiger partial charge is 0.437 e. The van der Waals surface area contributed by atoms with Crippen LogP contribution in [0.15, 0.2) is 60.9 Å². The lowest BCUT2D eigenvalue weighted by Gasteiger charge is -2.23. The zero-order valence-corrected chi connectivity index (χ0v) is 22.3. The summed E-state index contributed by atoms with van der Waals surface area (Å²) in [4.78, 5) is 13.7. The van der Waals surface area contributed by atoms with Crippen LogP contribution in [0.4, 0.5) is 20.4 Å². The molecule has 0 amide bonds. The second-order valence-corrected chi connectivity index (χ2v) is 10.1. The van der Waals surface area contributed by atoms with Crippen molar-refractivity contribution in [3.8, 4) is 22.9 Å². The van der Waals surface area contributed by atoms with Crippen LogP contribution in [-0.4, -0.2) is 46.6 Å². The Bertz CT molecular complexity index is 1420. The Labute approximate surface area is 227 Å². The number of aromatic nitrogens is 3. The summed E-state index contributed by atoms with van der Waals surface area (Å²) >= 11 is 0. The summed E-state index contributed by atoms with van der Waals surface area (Å²) in [5.41, 5.74) is 3.31. The highest BCUT2D eigenvalue weighted by Gasteiger charge is 2.20. The van der Waals surface area contributed by atoms with E-state index in [0.29, 0.717) is 42.3 Å². The minimum Gasteiger partial charge on any atom is -0.437 e. The number of benzene rings is 2. The molecule has 4 aromatic rings. The van der Waals surface area contributed by atoms with Crippen LogP contribution in [-0.2, 0) is 0 Å². The molecule has 0 saturated carbocycles. The number of hydrogen-bond acceptors (Lipinski definition) is 7. The number of piperidine rings is 1. The van der Waals surface area contributed by atoms with Gasteiger partial charge in [-0.1, -0.05) is 24.3 Å². The van der Waals surface area contributed by atoms with Crippen LogP contribution in [0.2, 0.25) is 0 Å². The zero-order valence-electron chi connectivity index (χ0n) is 22.3. The molecule has 3 N–H and O–H groups in total. The fourth-order valence-electron chi connectivity index (χ4n) is 4.85. The van der Waals surface area contributed by atoms with E-state index in [1.165, 1.54) is 0 Å². The molecule has 1 unspecified atom stereocenters. The number of halogens is 2. The Morgan fingerprint density at radius 3 is 2.77 bits per heavy atom. The van der Waals surface area contributed by atoms with E-state index in [-0.39, 0.29) is 6.42 Å². The van der Waals surface area contributed by atoms with Gasteiger partial charge in [-0.05, 0) is 69.5 Å². The van der Waals surface area contributed by atoms with Gasteiger partial charge in [0.15, 0.2) is 0 Å². The number of pyridine rings is 1. The SMILES string of the molecule is Cc1ccc2c(NCCCC(C)(F)F)cccc2c1Oc1ncccc1-c1ccnc(NC2CCCNC2)n1.